The third-order valence-electron chi connectivity index (χ3n) is 3.50. The molecule has 1 rings (SSSR count). The minimum atomic E-state index is -0.801. The van der Waals surface area contributed by atoms with E-state index in [4.69, 9.17) is 5.11 Å². The van der Waals surface area contributed by atoms with Gasteiger partial charge in [-0.3, -0.25) is 9.59 Å². The van der Waals surface area contributed by atoms with Gasteiger partial charge >= 0.3 is 5.97 Å². The minimum Gasteiger partial charge on any atom is -0.481 e. The van der Waals surface area contributed by atoms with Crippen LogP contribution in [0.1, 0.15) is 49.4 Å². The molecule has 1 aromatic carbocycles. The summed E-state index contributed by atoms with van der Waals surface area (Å²) in [7, 11) is 0. The van der Waals surface area contributed by atoms with Gasteiger partial charge in [0, 0.05) is 13.0 Å². The first kappa shape index (κ1) is 17.8. The second-order valence-corrected chi connectivity index (χ2v) is 5.26. The zero-order chi connectivity index (χ0) is 16.4. The summed E-state index contributed by atoms with van der Waals surface area (Å²) >= 11 is 0. The third kappa shape index (κ3) is 6.03. The quantitative estimate of drug-likeness (QED) is 0.647. The third-order valence-corrected chi connectivity index (χ3v) is 3.50. The number of aliphatic carboxylic acids is 1. The Morgan fingerprint density at radius 3 is 2.64 bits per heavy atom. The average molecular weight is 306 g/mol. The van der Waals surface area contributed by atoms with Gasteiger partial charge in [-0.15, -0.1) is 4.91 Å². The van der Waals surface area contributed by atoms with Crippen LogP contribution < -0.4 is 5.32 Å². The number of carbonyl (C=O) groups excluding carboxylic acids is 1. The lowest BCUT2D eigenvalue weighted by Crippen LogP contribution is -2.29. The van der Waals surface area contributed by atoms with Crippen LogP contribution in [0.3, 0.4) is 0 Å². The van der Waals surface area contributed by atoms with Crippen molar-refractivity contribution in [3.05, 3.63) is 34.7 Å². The Hall–Kier alpha value is -2.24. The van der Waals surface area contributed by atoms with Gasteiger partial charge in [-0.05, 0) is 42.5 Å². The fourth-order valence-corrected chi connectivity index (χ4v) is 2.38. The van der Waals surface area contributed by atoms with Crippen molar-refractivity contribution < 1.29 is 14.7 Å². The van der Waals surface area contributed by atoms with Gasteiger partial charge in [0.2, 0.25) is 0 Å². The standard InChI is InChI=1S/C16H22N2O4/c1-2-6-12(7-5-10-15(19)20)11-17-16(21)13-8-3-4-9-14(13)18-22/h3-4,8-9,12H,2,5-7,10-11H2,1H3,(H,17,21)(H,19,20). The van der Waals surface area contributed by atoms with Crippen LogP contribution in [0.15, 0.2) is 29.4 Å². The smallest absolute Gasteiger partial charge is 0.303 e. The molecular weight excluding hydrogens is 284 g/mol. The molecule has 0 aliphatic carbocycles. The molecule has 22 heavy (non-hydrogen) atoms. The molecular formula is C16H22N2O4. The van der Waals surface area contributed by atoms with Gasteiger partial charge in [-0.25, -0.2) is 0 Å². The summed E-state index contributed by atoms with van der Waals surface area (Å²) in [6.07, 6.45) is 3.40. The van der Waals surface area contributed by atoms with E-state index in [1.165, 1.54) is 6.07 Å². The molecule has 1 aromatic rings. The lowest BCUT2D eigenvalue weighted by molar-refractivity contribution is -0.137. The van der Waals surface area contributed by atoms with E-state index in [1.807, 2.05) is 0 Å². The number of nitrogens with one attached hydrogen (secondary N) is 1. The van der Waals surface area contributed by atoms with E-state index in [9.17, 15) is 14.5 Å². The fraction of sp³-hybridized carbons (Fsp3) is 0.500. The van der Waals surface area contributed by atoms with Crippen LogP contribution in [0.2, 0.25) is 0 Å². The number of hydrogen-bond donors (Lipinski definition) is 2. The first-order valence-corrected chi connectivity index (χ1v) is 7.50. The molecule has 0 saturated carbocycles. The number of carboxylic acid groups (broad SMARTS) is 1. The van der Waals surface area contributed by atoms with Crippen molar-refractivity contribution in [3.8, 4) is 0 Å². The summed E-state index contributed by atoms with van der Waals surface area (Å²) in [6.45, 7) is 2.52. The number of carboxylic acids is 1. The topological polar surface area (TPSA) is 95.8 Å². The first-order chi connectivity index (χ1) is 10.6. The Morgan fingerprint density at radius 2 is 2.00 bits per heavy atom. The zero-order valence-electron chi connectivity index (χ0n) is 12.7. The number of carbonyl (C=O) groups is 2. The van der Waals surface area contributed by atoms with E-state index in [-0.39, 0.29) is 29.5 Å². The van der Waals surface area contributed by atoms with E-state index in [2.05, 4.69) is 17.4 Å². The van der Waals surface area contributed by atoms with Gasteiger partial charge in [-0.1, -0.05) is 25.5 Å². The summed E-state index contributed by atoms with van der Waals surface area (Å²) in [4.78, 5) is 33.4. The molecule has 0 saturated heterocycles. The molecule has 0 spiro atoms. The van der Waals surface area contributed by atoms with Crippen molar-refractivity contribution in [1.29, 1.82) is 0 Å². The Morgan fingerprint density at radius 1 is 1.27 bits per heavy atom. The van der Waals surface area contributed by atoms with E-state index in [0.717, 1.165) is 19.3 Å². The molecule has 1 amide bonds. The maximum atomic E-state index is 12.1. The number of hydrogen-bond acceptors (Lipinski definition) is 4. The van der Waals surface area contributed by atoms with Crippen LogP contribution in [0.4, 0.5) is 5.69 Å². The summed E-state index contributed by atoms with van der Waals surface area (Å²) in [5, 5.41) is 14.3. The van der Waals surface area contributed by atoms with Gasteiger partial charge in [-0.2, -0.15) is 0 Å². The van der Waals surface area contributed by atoms with Crippen molar-refractivity contribution in [2.45, 2.75) is 39.0 Å². The first-order valence-electron chi connectivity index (χ1n) is 7.50. The Labute approximate surface area is 129 Å². The molecule has 1 atom stereocenters. The number of nitrogens with zero attached hydrogens (tertiary/aromatic N) is 1. The highest BCUT2D eigenvalue weighted by atomic mass is 16.4. The predicted molar refractivity (Wildman–Crippen MR) is 84.1 cm³/mol. The van der Waals surface area contributed by atoms with E-state index >= 15 is 0 Å². The zero-order valence-corrected chi connectivity index (χ0v) is 12.7. The monoisotopic (exact) mass is 306 g/mol. The molecule has 6 heteroatoms. The fourth-order valence-electron chi connectivity index (χ4n) is 2.38. The van der Waals surface area contributed by atoms with Gasteiger partial charge in [0.05, 0.1) is 5.56 Å². The van der Waals surface area contributed by atoms with Crippen molar-refractivity contribution >= 4 is 17.6 Å². The summed E-state index contributed by atoms with van der Waals surface area (Å²) in [6, 6.07) is 6.39. The van der Waals surface area contributed by atoms with Crippen molar-refractivity contribution in [1.82, 2.24) is 5.32 Å². The van der Waals surface area contributed by atoms with Gasteiger partial charge in [0.1, 0.15) is 5.69 Å². The molecule has 2 N–H and O–H groups in total. The van der Waals surface area contributed by atoms with Crippen LogP contribution in [-0.4, -0.2) is 23.5 Å². The van der Waals surface area contributed by atoms with Crippen molar-refractivity contribution in [2.24, 2.45) is 11.1 Å². The molecule has 120 valence electrons. The molecule has 6 nitrogen and oxygen atoms in total. The lowest BCUT2D eigenvalue weighted by atomic mass is 9.96. The van der Waals surface area contributed by atoms with Crippen LogP contribution in [0.25, 0.3) is 0 Å². The molecule has 0 aromatic heterocycles. The Bertz CT molecular complexity index is 517. The molecule has 1 unspecified atom stereocenters. The molecule has 0 heterocycles. The highest BCUT2D eigenvalue weighted by Crippen LogP contribution is 2.19. The lowest BCUT2D eigenvalue weighted by Gasteiger charge is -2.16. The van der Waals surface area contributed by atoms with Crippen LogP contribution in [0.5, 0.6) is 0 Å². The molecule has 0 fully saturated rings. The van der Waals surface area contributed by atoms with Gasteiger partial charge in [0.25, 0.3) is 5.91 Å². The summed E-state index contributed by atoms with van der Waals surface area (Å²) in [5.74, 6) is -0.885. The normalized spacial score (nSPS) is 11.7. The van der Waals surface area contributed by atoms with Crippen molar-refractivity contribution in [2.75, 3.05) is 6.54 Å². The Kier molecular flexibility index (Phi) is 7.81. The number of amides is 1. The number of rotatable bonds is 10. The number of nitroso groups, excluding NO2 is 1. The van der Waals surface area contributed by atoms with E-state index < -0.39 is 5.97 Å². The largest absolute Gasteiger partial charge is 0.481 e. The molecule has 0 bridgehead atoms. The summed E-state index contributed by atoms with van der Waals surface area (Å²) < 4.78 is 0. The highest BCUT2D eigenvalue weighted by molar-refractivity contribution is 5.98. The second kappa shape index (κ2) is 9.65. The van der Waals surface area contributed by atoms with E-state index in [0.29, 0.717) is 13.0 Å². The number of benzene rings is 1. The highest BCUT2D eigenvalue weighted by Gasteiger charge is 2.14. The van der Waals surface area contributed by atoms with Gasteiger partial charge in [0.15, 0.2) is 0 Å². The molecule has 0 aliphatic rings. The van der Waals surface area contributed by atoms with E-state index in [1.54, 1.807) is 18.2 Å². The minimum absolute atomic E-state index is 0.123. The van der Waals surface area contributed by atoms with Crippen LogP contribution >= 0.6 is 0 Å². The average Bonchev–Trinajstić information content (AvgIpc) is 2.51. The van der Waals surface area contributed by atoms with Crippen molar-refractivity contribution in [3.63, 3.8) is 0 Å². The second-order valence-electron chi connectivity index (χ2n) is 5.26. The van der Waals surface area contributed by atoms with Gasteiger partial charge < -0.3 is 10.4 Å². The SMILES string of the molecule is CCCC(CCCC(=O)O)CNC(=O)c1ccccc1N=O. The van der Waals surface area contributed by atoms with Crippen LogP contribution in [0, 0.1) is 10.8 Å². The molecule has 0 aliphatic heterocycles. The maximum Gasteiger partial charge on any atom is 0.303 e. The van der Waals surface area contributed by atoms with Crippen LogP contribution in [-0.2, 0) is 4.79 Å². The maximum absolute atomic E-state index is 12.1. The summed E-state index contributed by atoms with van der Waals surface area (Å²) in [5.41, 5.74) is 0.385. The Balaban J connectivity index is 2.54. The predicted octanol–water partition coefficient (Wildman–Crippen LogP) is 3.49. The molecule has 0 radical (unpaired) electrons.